The zero-order valence-electron chi connectivity index (χ0n) is 8.57. The van der Waals surface area contributed by atoms with Crippen LogP contribution in [0.1, 0.15) is 41.0 Å². The number of aliphatic hydroxyl groups is 1. The molecule has 0 radical (unpaired) electrons. The van der Waals surface area contributed by atoms with Crippen LogP contribution in [-0.4, -0.2) is 23.8 Å². The van der Waals surface area contributed by atoms with E-state index >= 15 is 0 Å². The van der Waals surface area contributed by atoms with Crippen molar-refractivity contribution < 1.29 is 5.11 Å². The summed E-state index contributed by atoms with van der Waals surface area (Å²) in [5.74, 6) is 0. The second-order valence-electron chi connectivity index (χ2n) is 2.99. The van der Waals surface area contributed by atoms with Gasteiger partial charge in [-0.3, -0.25) is 0 Å². The van der Waals surface area contributed by atoms with E-state index < -0.39 is 5.60 Å². The fraction of sp³-hybridized carbons (Fsp3) is 1.00. The van der Waals surface area contributed by atoms with E-state index in [1.807, 2.05) is 13.8 Å². The summed E-state index contributed by atoms with van der Waals surface area (Å²) in [4.78, 5) is 0. The van der Waals surface area contributed by atoms with Crippen molar-refractivity contribution in [1.29, 1.82) is 0 Å². The van der Waals surface area contributed by atoms with Crippen molar-refractivity contribution >= 4 is 0 Å². The second kappa shape index (κ2) is 8.02. The first-order chi connectivity index (χ1) is 5.06. The zero-order chi connectivity index (χ0) is 9.33. The molecule has 0 fully saturated rings. The Balaban J connectivity index is 0. The third-order valence-corrected chi connectivity index (χ3v) is 0.984. The third kappa shape index (κ3) is 17.8. The van der Waals surface area contributed by atoms with Gasteiger partial charge < -0.3 is 10.4 Å². The SMILES string of the molecule is CC.CCCNCC(C)(C)O. The van der Waals surface area contributed by atoms with Gasteiger partial charge in [0.15, 0.2) is 0 Å². The van der Waals surface area contributed by atoms with Crippen LogP contribution in [0.25, 0.3) is 0 Å². The summed E-state index contributed by atoms with van der Waals surface area (Å²) in [5.41, 5.74) is -0.560. The highest BCUT2D eigenvalue weighted by Gasteiger charge is 2.09. The zero-order valence-corrected chi connectivity index (χ0v) is 8.57. The Bertz CT molecular complexity index is 66.5. The van der Waals surface area contributed by atoms with Gasteiger partial charge in [0.1, 0.15) is 0 Å². The summed E-state index contributed by atoms with van der Waals surface area (Å²) < 4.78 is 0. The average molecular weight is 161 g/mol. The van der Waals surface area contributed by atoms with E-state index in [2.05, 4.69) is 12.2 Å². The van der Waals surface area contributed by atoms with Gasteiger partial charge in [-0.2, -0.15) is 0 Å². The van der Waals surface area contributed by atoms with Crippen LogP contribution in [0.3, 0.4) is 0 Å². The maximum Gasteiger partial charge on any atom is 0.0715 e. The Morgan fingerprint density at radius 3 is 2.00 bits per heavy atom. The molecular formula is C9H23NO. The Morgan fingerprint density at radius 2 is 1.73 bits per heavy atom. The van der Waals surface area contributed by atoms with Gasteiger partial charge in [0.05, 0.1) is 5.60 Å². The molecule has 0 aromatic rings. The monoisotopic (exact) mass is 161 g/mol. The highest BCUT2D eigenvalue weighted by molar-refractivity contribution is 4.67. The topological polar surface area (TPSA) is 32.3 Å². The van der Waals surface area contributed by atoms with Crippen molar-refractivity contribution in [1.82, 2.24) is 5.32 Å². The highest BCUT2D eigenvalue weighted by Crippen LogP contribution is 1.96. The molecule has 0 aromatic carbocycles. The van der Waals surface area contributed by atoms with E-state index in [0.717, 1.165) is 13.0 Å². The number of hydrogen-bond donors (Lipinski definition) is 2. The normalized spacial score (nSPS) is 10.4. The van der Waals surface area contributed by atoms with E-state index in [-0.39, 0.29) is 0 Å². The molecule has 0 spiro atoms. The van der Waals surface area contributed by atoms with Crippen molar-refractivity contribution in [2.24, 2.45) is 0 Å². The predicted octanol–water partition coefficient (Wildman–Crippen LogP) is 1.78. The molecular weight excluding hydrogens is 138 g/mol. The van der Waals surface area contributed by atoms with Crippen LogP contribution < -0.4 is 5.32 Å². The first kappa shape index (κ1) is 13.5. The molecule has 0 saturated heterocycles. The van der Waals surface area contributed by atoms with Crippen molar-refractivity contribution in [3.8, 4) is 0 Å². The summed E-state index contributed by atoms with van der Waals surface area (Å²) in [6, 6.07) is 0. The quantitative estimate of drug-likeness (QED) is 0.616. The van der Waals surface area contributed by atoms with E-state index in [1.165, 1.54) is 0 Å². The van der Waals surface area contributed by atoms with Crippen molar-refractivity contribution in [2.45, 2.75) is 46.6 Å². The largest absolute Gasteiger partial charge is 0.389 e. The molecule has 0 amide bonds. The van der Waals surface area contributed by atoms with Gasteiger partial charge in [0, 0.05) is 6.54 Å². The second-order valence-corrected chi connectivity index (χ2v) is 2.99. The van der Waals surface area contributed by atoms with E-state index in [0.29, 0.717) is 6.54 Å². The van der Waals surface area contributed by atoms with Crippen molar-refractivity contribution in [3.05, 3.63) is 0 Å². The van der Waals surface area contributed by atoms with E-state index in [9.17, 15) is 5.11 Å². The Labute approximate surface area is 71.0 Å². The fourth-order valence-electron chi connectivity index (χ4n) is 0.571. The van der Waals surface area contributed by atoms with Crippen molar-refractivity contribution in [2.75, 3.05) is 13.1 Å². The minimum absolute atomic E-state index is 0.560. The van der Waals surface area contributed by atoms with Crippen LogP contribution in [-0.2, 0) is 0 Å². The summed E-state index contributed by atoms with van der Waals surface area (Å²) in [6.07, 6.45) is 1.12. The standard InChI is InChI=1S/C7H17NO.C2H6/c1-4-5-8-6-7(2,3)9;1-2/h8-9H,4-6H2,1-3H3;1-2H3. The molecule has 0 aliphatic heterocycles. The van der Waals surface area contributed by atoms with Crippen LogP contribution in [0.2, 0.25) is 0 Å². The van der Waals surface area contributed by atoms with Crippen LogP contribution in [0.4, 0.5) is 0 Å². The molecule has 0 aliphatic rings. The molecule has 2 N–H and O–H groups in total. The minimum atomic E-state index is -0.560. The lowest BCUT2D eigenvalue weighted by atomic mass is 10.1. The maximum atomic E-state index is 9.18. The molecule has 0 aromatic heterocycles. The first-order valence-corrected chi connectivity index (χ1v) is 4.49. The van der Waals surface area contributed by atoms with Gasteiger partial charge >= 0.3 is 0 Å². The van der Waals surface area contributed by atoms with Gasteiger partial charge in [-0.1, -0.05) is 20.8 Å². The van der Waals surface area contributed by atoms with Crippen LogP contribution in [0.5, 0.6) is 0 Å². The van der Waals surface area contributed by atoms with E-state index in [1.54, 1.807) is 13.8 Å². The molecule has 0 atom stereocenters. The number of nitrogens with one attached hydrogen (secondary N) is 1. The minimum Gasteiger partial charge on any atom is -0.389 e. The summed E-state index contributed by atoms with van der Waals surface area (Å²) in [6.45, 7) is 11.4. The van der Waals surface area contributed by atoms with Crippen LogP contribution >= 0.6 is 0 Å². The molecule has 0 rings (SSSR count). The lowest BCUT2D eigenvalue weighted by molar-refractivity contribution is 0.0801. The van der Waals surface area contributed by atoms with Gasteiger partial charge in [0.2, 0.25) is 0 Å². The summed E-state index contributed by atoms with van der Waals surface area (Å²) in [7, 11) is 0. The Morgan fingerprint density at radius 1 is 1.27 bits per heavy atom. The summed E-state index contributed by atoms with van der Waals surface area (Å²) >= 11 is 0. The molecule has 11 heavy (non-hydrogen) atoms. The molecule has 2 heteroatoms. The third-order valence-electron chi connectivity index (χ3n) is 0.984. The average Bonchev–Trinajstić information content (AvgIpc) is 1.90. The van der Waals surface area contributed by atoms with Gasteiger partial charge in [0.25, 0.3) is 0 Å². The molecule has 70 valence electrons. The Hall–Kier alpha value is -0.0800. The molecule has 0 aliphatic carbocycles. The van der Waals surface area contributed by atoms with E-state index in [4.69, 9.17) is 0 Å². The van der Waals surface area contributed by atoms with Crippen LogP contribution in [0.15, 0.2) is 0 Å². The molecule has 0 unspecified atom stereocenters. The lowest BCUT2D eigenvalue weighted by Crippen LogP contribution is -2.34. The highest BCUT2D eigenvalue weighted by atomic mass is 16.3. The Kier molecular flexibility index (Phi) is 9.85. The molecule has 0 bridgehead atoms. The molecule has 0 heterocycles. The van der Waals surface area contributed by atoms with Gasteiger partial charge in [-0.15, -0.1) is 0 Å². The van der Waals surface area contributed by atoms with Crippen molar-refractivity contribution in [3.63, 3.8) is 0 Å². The maximum absolute atomic E-state index is 9.18. The number of hydrogen-bond acceptors (Lipinski definition) is 2. The van der Waals surface area contributed by atoms with Gasteiger partial charge in [-0.25, -0.2) is 0 Å². The van der Waals surface area contributed by atoms with Crippen LogP contribution in [0, 0.1) is 0 Å². The van der Waals surface area contributed by atoms with Gasteiger partial charge in [-0.05, 0) is 26.8 Å². The fourth-order valence-corrected chi connectivity index (χ4v) is 0.571. The smallest absolute Gasteiger partial charge is 0.0715 e. The molecule has 2 nitrogen and oxygen atoms in total. The number of rotatable bonds is 4. The summed E-state index contributed by atoms with van der Waals surface area (Å²) in [5, 5.41) is 12.3. The lowest BCUT2D eigenvalue weighted by Gasteiger charge is -2.16. The molecule has 0 saturated carbocycles. The first-order valence-electron chi connectivity index (χ1n) is 4.49. The predicted molar refractivity (Wildman–Crippen MR) is 50.8 cm³/mol.